The van der Waals surface area contributed by atoms with Gasteiger partial charge in [0.2, 0.25) is 0 Å². The smallest absolute Gasteiger partial charge is 0.270 e. The maximum absolute atomic E-state index is 12.7. The normalized spacial score (nSPS) is 14.7. The minimum Gasteiger partial charge on any atom is -0.356 e. The zero-order chi connectivity index (χ0) is 14.7. The fraction of sp³-hybridized carbons (Fsp3) is 0.353. The lowest BCUT2D eigenvalue weighted by Crippen LogP contribution is -2.37. The van der Waals surface area contributed by atoms with Crippen molar-refractivity contribution < 1.29 is 4.79 Å². The van der Waals surface area contributed by atoms with Crippen LogP contribution in [-0.2, 0) is 6.54 Å². The topological polar surface area (TPSA) is 36.1 Å². The van der Waals surface area contributed by atoms with Gasteiger partial charge in [-0.05, 0) is 46.3 Å². The molecule has 0 radical (unpaired) electrons. The lowest BCUT2D eigenvalue weighted by molar-refractivity contribution is 0.0674. The molecule has 1 saturated carbocycles. The van der Waals surface area contributed by atoms with Crippen LogP contribution < -0.4 is 0 Å². The van der Waals surface area contributed by atoms with Gasteiger partial charge in [0, 0.05) is 23.8 Å². The van der Waals surface area contributed by atoms with Gasteiger partial charge < -0.3 is 9.88 Å². The van der Waals surface area contributed by atoms with Gasteiger partial charge in [0.15, 0.2) is 0 Å². The monoisotopic (exact) mass is 346 g/mol. The van der Waals surface area contributed by atoms with Crippen LogP contribution in [0.3, 0.4) is 0 Å². The summed E-state index contributed by atoms with van der Waals surface area (Å²) in [6.45, 7) is 1.52. The molecule has 21 heavy (non-hydrogen) atoms. The predicted molar refractivity (Wildman–Crippen MR) is 87.0 cm³/mol. The minimum atomic E-state index is 0.0800. The van der Waals surface area contributed by atoms with E-state index in [1.54, 1.807) is 6.20 Å². The Hall–Kier alpha value is -1.55. The van der Waals surface area contributed by atoms with E-state index in [1.807, 2.05) is 29.2 Å². The summed E-state index contributed by atoms with van der Waals surface area (Å²) in [4.78, 5) is 17.7. The van der Waals surface area contributed by atoms with Gasteiger partial charge in [-0.3, -0.25) is 4.79 Å². The molecule has 1 aromatic carbocycles. The van der Waals surface area contributed by atoms with Crippen molar-refractivity contribution in [2.45, 2.75) is 25.8 Å². The van der Waals surface area contributed by atoms with E-state index in [9.17, 15) is 4.79 Å². The predicted octanol–water partition coefficient (Wildman–Crippen LogP) is 4.22. The van der Waals surface area contributed by atoms with Crippen molar-refractivity contribution in [1.29, 1.82) is 0 Å². The number of halogens is 1. The minimum absolute atomic E-state index is 0.0800. The molecule has 3 rings (SSSR count). The fourth-order valence-corrected chi connectivity index (χ4v) is 3.02. The Kier molecular flexibility index (Phi) is 4.44. The third-order valence-electron chi connectivity index (χ3n) is 4.08. The molecule has 1 aliphatic carbocycles. The SMILES string of the molecule is O=C(c1cc(Br)c[nH]1)N(Cc1ccccc1)CC1CCC1. The molecule has 110 valence electrons. The van der Waals surface area contributed by atoms with E-state index in [1.165, 1.54) is 24.8 Å². The number of H-pyrrole nitrogens is 1. The van der Waals surface area contributed by atoms with Crippen LogP contribution in [0.2, 0.25) is 0 Å². The van der Waals surface area contributed by atoms with Gasteiger partial charge in [0.1, 0.15) is 5.69 Å². The Balaban J connectivity index is 1.76. The van der Waals surface area contributed by atoms with E-state index in [0.717, 1.165) is 11.0 Å². The average Bonchev–Trinajstić information content (AvgIpc) is 2.88. The van der Waals surface area contributed by atoms with Gasteiger partial charge in [-0.25, -0.2) is 0 Å². The van der Waals surface area contributed by atoms with Crippen LogP contribution in [0.15, 0.2) is 47.1 Å². The first-order chi connectivity index (χ1) is 10.2. The lowest BCUT2D eigenvalue weighted by Gasteiger charge is -2.32. The quantitative estimate of drug-likeness (QED) is 0.864. The number of carbonyl (C=O) groups excluding carboxylic acids is 1. The number of benzene rings is 1. The van der Waals surface area contributed by atoms with E-state index < -0.39 is 0 Å². The molecule has 0 bridgehead atoms. The second-order valence-electron chi connectivity index (χ2n) is 5.70. The molecule has 0 aliphatic heterocycles. The first-order valence-electron chi connectivity index (χ1n) is 7.39. The molecule has 4 heteroatoms. The van der Waals surface area contributed by atoms with Crippen molar-refractivity contribution >= 4 is 21.8 Å². The Labute approximate surface area is 133 Å². The largest absolute Gasteiger partial charge is 0.356 e. The summed E-state index contributed by atoms with van der Waals surface area (Å²) in [7, 11) is 0. The van der Waals surface area contributed by atoms with Crippen molar-refractivity contribution in [3.05, 3.63) is 58.3 Å². The number of aromatic nitrogens is 1. The molecule has 0 spiro atoms. The average molecular weight is 347 g/mol. The molecule has 0 atom stereocenters. The van der Waals surface area contributed by atoms with Crippen LogP contribution in [0, 0.1) is 5.92 Å². The van der Waals surface area contributed by atoms with Gasteiger partial charge in [-0.2, -0.15) is 0 Å². The van der Waals surface area contributed by atoms with Gasteiger partial charge >= 0.3 is 0 Å². The zero-order valence-electron chi connectivity index (χ0n) is 11.9. The highest BCUT2D eigenvalue weighted by Gasteiger charge is 2.25. The summed E-state index contributed by atoms with van der Waals surface area (Å²) < 4.78 is 0.911. The summed E-state index contributed by atoms with van der Waals surface area (Å²) in [6, 6.07) is 12.0. The van der Waals surface area contributed by atoms with Gasteiger partial charge in [-0.1, -0.05) is 36.8 Å². The van der Waals surface area contributed by atoms with Crippen LogP contribution in [0.4, 0.5) is 0 Å². The standard InChI is InChI=1S/C17H19BrN2O/c18-15-9-16(19-10-15)17(21)20(12-14-7-4-8-14)11-13-5-2-1-3-6-13/h1-3,5-6,9-10,14,19H,4,7-8,11-12H2. The molecule has 1 aromatic heterocycles. The van der Waals surface area contributed by atoms with E-state index in [0.29, 0.717) is 18.2 Å². The molecule has 1 amide bonds. The molecule has 0 unspecified atom stereocenters. The number of carbonyl (C=O) groups is 1. The van der Waals surface area contributed by atoms with Crippen LogP contribution in [0.25, 0.3) is 0 Å². The third kappa shape index (κ3) is 3.56. The summed E-state index contributed by atoms with van der Waals surface area (Å²) >= 11 is 3.39. The molecule has 1 aliphatic rings. The second kappa shape index (κ2) is 6.48. The summed E-state index contributed by atoms with van der Waals surface area (Å²) in [5, 5.41) is 0. The molecule has 1 N–H and O–H groups in total. The Morgan fingerprint density at radius 3 is 2.62 bits per heavy atom. The van der Waals surface area contributed by atoms with Crippen molar-refractivity contribution in [3.8, 4) is 0 Å². The second-order valence-corrected chi connectivity index (χ2v) is 6.62. The summed E-state index contributed by atoms with van der Waals surface area (Å²) in [6.07, 6.45) is 5.59. The van der Waals surface area contributed by atoms with Crippen molar-refractivity contribution in [1.82, 2.24) is 9.88 Å². The number of rotatable bonds is 5. The molecular weight excluding hydrogens is 328 g/mol. The number of nitrogens with one attached hydrogen (secondary N) is 1. The first kappa shape index (κ1) is 14.4. The number of nitrogens with zero attached hydrogens (tertiary/aromatic N) is 1. The van der Waals surface area contributed by atoms with E-state index in [-0.39, 0.29) is 5.91 Å². The van der Waals surface area contributed by atoms with Crippen molar-refractivity contribution in [3.63, 3.8) is 0 Å². The molecular formula is C17H19BrN2O. The molecule has 3 nitrogen and oxygen atoms in total. The number of amides is 1. The highest BCUT2D eigenvalue weighted by Crippen LogP contribution is 2.28. The highest BCUT2D eigenvalue weighted by molar-refractivity contribution is 9.10. The Morgan fingerprint density at radius 1 is 1.29 bits per heavy atom. The molecule has 0 saturated heterocycles. The van der Waals surface area contributed by atoms with Gasteiger partial charge in [0.25, 0.3) is 5.91 Å². The molecule has 2 aromatic rings. The first-order valence-corrected chi connectivity index (χ1v) is 8.19. The van der Waals surface area contributed by atoms with Crippen LogP contribution in [-0.4, -0.2) is 22.3 Å². The van der Waals surface area contributed by atoms with E-state index >= 15 is 0 Å². The molecule has 1 fully saturated rings. The maximum atomic E-state index is 12.7. The van der Waals surface area contributed by atoms with Crippen molar-refractivity contribution in [2.75, 3.05) is 6.54 Å². The summed E-state index contributed by atoms with van der Waals surface area (Å²) in [5.74, 6) is 0.743. The van der Waals surface area contributed by atoms with E-state index in [4.69, 9.17) is 0 Å². The number of hydrogen-bond donors (Lipinski definition) is 1. The Bertz CT molecular complexity index is 604. The van der Waals surface area contributed by atoms with Gasteiger partial charge in [0.05, 0.1) is 0 Å². The van der Waals surface area contributed by atoms with E-state index in [2.05, 4.69) is 33.0 Å². The van der Waals surface area contributed by atoms with Crippen molar-refractivity contribution in [2.24, 2.45) is 5.92 Å². The van der Waals surface area contributed by atoms with Crippen LogP contribution in [0.5, 0.6) is 0 Å². The molecule has 1 heterocycles. The highest BCUT2D eigenvalue weighted by atomic mass is 79.9. The van der Waals surface area contributed by atoms with Gasteiger partial charge in [-0.15, -0.1) is 0 Å². The lowest BCUT2D eigenvalue weighted by atomic mass is 9.85. The summed E-state index contributed by atoms with van der Waals surface area (Å²) in [5.41, 5.74) is 1.83. The number of hydrogen-bond acceptors (Lipinski definition) is 1. The fourth-order valence-electron chi connectivity index (χ4n) is 2.67. The zero-order valence-corrected chi connectivity index (χ0v) is 13.5. The maximum Gasteiger partial charge on any atom is 0.270 e. The number of aromatic amines is 1. The van der Waals surface area contributed by atoms with Crippen LogP contribution >= 0.6 is 15.9 Å². The Morgan fingerprint density at radius 2 is 2.05 bits per heavy atom. The third-order valence-corrected chi connectivity index (χ3v) is 4.54. The van der Waals surface area contributed by atoms with Crippen LogP contribution in [0.1, 0.15) is 35.3 Å².